The highest BCUT2D eigenvalue weighted by molar-refractivity contribution is 6.06. The van der Waals surface area contributed by atoms with Crippen molar-refractivity contribution in [2.24, 2.45) is 5.92 Å². The van der Waals surface area contributed by atoms with Crippen molar-refractivity contribution in [1.82, 2.24) is 15.5 Å². The standard InChI is InChI=1S/C15H19N3O3/c1-8(2)4-12(15(20)21)17-14(19)11-6-9(3)5-10-7-16-18-13(10)11/h5-8,12H,4H2,1-3H3,(H,16,18)(H,17,19)(H,20,21). The van der Waals surface area contributed by atoms with Crippen LogP contribution in [0.3, 0.4) is 0 Å². The minimum absolute atomic E-state index is 0.177. The number of hydrogen-bond acceptors (Lipinski definition) is 3. The molecule has 0 spiro atoms. The molecule has 6 heteroatoms. The molecule has 3 N–H and O–H groups in total. The number of aryl methyl sites for hydroxylation is 1. The second kappa shape index (κ2) is 5.95. The van der Waals surface area contributed by atoms with Gasteiger partial charge in [0.1, 0.15) is 6.04 Å². The summed E-state index contributed by atoms with van der Waals surface area (Å²) < 4.78 is 0. The van der Waals surface area contributed by atoms with Gasteiger partial charge in [-0.05, 0) is 37.0 Å². The Balaban J connectivity index is 2.29. The van der Waals surface area contributed by atoms with E-state index in [1.807, 2.05) is 26.8 Å². The zero-order valence-corrected chi connectivity index (χ0v) is 12.3. The first-order valence-corrected chi connectivity index (χ1v) is 6.86. The molecule has 0 aliphatic rings. The maximum atomic E-state index is 12.4. The van der Waals surface area contributed by atoms with E-state index in [0.29, 0.717) is 17.5 Å². The topological polar surface area (TPSA) is 95.1 Å². The molecule has 1 atom stereocenters. The Bertz CT molecular complexity index is 676. The van der Waals surface area contributed by atoms with Gasteiger partial charge in [-0.15, -0.1) is 0 Å². The van der Waals surface area contributed by atoms with Crippen LogP contribution in [0.5, 0.6) is 0 Å². The maximum Gasteiger partial charge on any atom is 0.326 e. The van der Waals surface area contributed by atoms with E-state index in [1.54, 1.807) is 12.3 Å². The van der Waals surface area contributed by atoms with Gasteiger partial charge in [-0.3, -0.25) is 9.89 Å². The molecule has 0 aliphatic carbocycles. The molecular formula is C15H19N3O3. The number of carbonyl (C=O) groups is 2. The number of carboxylic acid groups (broad SMARTS) is 1. The predicted octanol–water partition coefficient (Wildman–Crippen LogP) is 2.10. The van der Waals surface area contributed by atoms with Gasteiger partial charge < -0.3 is 10.4 Å². The SMILES string of the molecule is Cc1cc(C(=O)NC(CC(C)C)C(=O)O)c2[nH]ncc2c1. The summed E-state index contributed by atoms with van der Waals surface area (Å²) in [6.07, 6.45) is 2.03. The summed E-state index contributed by atoms with van der Waals surface area (Å²) in [7, 11) is 0. The summed E-state index contributed by atoms with van der Waals surface area (Å²) in [5.74, 6) is -1.25. The van der Waals surface area contributed by atoms with E-state index in [0.717, 1.165) is 10.9 Å². The predicted molar refractivity (Wildman–Crippen MR) is 79.2 cm³/mol. The number of aromatic nitrogens is 2. The van der Waals surface area contributed by atoms with Crippen LogP contribution in [0.1, 0.15) is 36.2 Å². The van der Waals surface area contributed by atoms with Crippen LogP contribution < -0.4 is 5.32 Å². The van der Waals surface area contributed by atoms with Crippen molar-refractivity contribution in [2.45, 2.75) is 33.2 Å². The van der Waals surface area contributed by atoms with Crippen molar-refractivity contribution in [3.8, 4) is 0 Å². The van der Waals surface area contributed by atoms with Crippen molar-refractivity contribution in [2.75, 3.05) is 0 Å². The van der Waals surface area contributed by atoms with Crippen molar-refractivity contribution in [3.63, 3.8) is 0 Å². The molecule has 2 aromatic rings. The fourth-order valence-electron chi connectivity index (χ4n) is 2.32. The van der Waals surface area contributed by atoms with E-state index >= 15 is 0 Å². The zero-order chi connectivity index (χ0) is 15.6. The summed E-state index contributed by atoms with van der Waals surface area (Å²) >= 11 is 0. The van der Waals surface area contributed by atoms with Crippen LogP contribution in [0.2, 0.25) is 0 Å². The highest BCUT2D eigenvalue weighted by atomic mass is 16.4. The van der Waals surface area contributed by atoms with Gasteiger partial charge in [-0.2, -0.15) is 5.10 Å². The molecule has 1 amide bonds. The van der Waals surface area contributed by atoms with Gasteiger partial charge in [0.15, 0.2) is 0 Å². The lowest BCUT2D eigenvalue weighted by Crippen LogP contribution is -2.41. The first-order valence-electron chi connectivity index (χ1n) is 6.86. The summed E-state index contributed by atoms with van der Waals surface area (Å²) in [5, 5.41) is 19.3. The van der Waals surface area contributed by atoms with E-state index in [2.05, 4.69) is 15.5 Å². The van der Waals surface area contributed by atoms with Crippen LogP contribution in [-0.2, 0) is 4.79 Å². The summed E-state index contributed by atoms with van der Waals surface area (Å²) in [6, 6.07) is 2.75. The fourth-order valence-corrected chi connectivity index (χ4v) is 2.32. The van der Waals surface area contributed by atoms with Crippen LogP contribution in [-0.4, -0.2) is 33.2 Å². The second-order valence-corrected chi connectivity index (χ2v) is 5.64. The van der Waals surface area contributed by atoms with Crippen molar-refractivity contribution in [1.29, 1.82) is 0 Å². The van der Waals surface area contributed by atoms with Crippen molar-refractivity contribution < 1.29 is 14.7 Å². The van der Waals surface area contributed by atoms with E-state index in [4.69, 9.17) is 0 Å². The molecule has 112 valence electrons. The number of benzene rings is 1. The number of H-pyrrole nitrogens is 1. The molecule has 0 aliphatic heterocycles. The first-order chi connectivity index (χ1) is 9.88. The number of hydrogen-bond donors (Lipinski definition) is 3. The number of carbonyl (C=O) groups excluding carboxylic acids is 1. The third kappa shape index (κ3) is 3.39. The Morgan fingerprint density at radius 1 is 1.38 bits per heavy atom. The van der Waals surface area contributed by atoms with Gasteiger partial charge in [0.2, 0.25) is 0 Å². The molecule has 0 bridgehead atoms. The maximum absolute atomic E-state index is 12.4. The monoisotopic (exact) mass is 289 g/mol. The highest BCUT2D eigenvalue weighted by Gasteiger charge is 2.23. The fraction of sp³-hybridized carbons (Fsp3) is 0.400. The molecule has 1 aromatic carbocycles. The van der Waals surface area contributed by atoms with E-state index in [1.165, 1.54) is 0 Å². The molecule has 1 heterocycles. The molecule has 0 saturated heterocycles. The molecule has 1 unspecified atom stereocenters. The Morgan fingerprint density at radius 3 is 2.71 bits per heavy atom. The van der Waals surface area contributed by atoms with Gasteiger partial charge in [0.25, 0.3) is 5.91 Å². The van der Waals surface area contributed by atoms with Gasteiger partial charge in [-0.1, -0.05) is 13.8 Å². The number of rotatable bonds is 5. The van der Waals surface area contributed by atoms with Crippen LogP contribution in [0, 0.1) is 12.8 Å². The smallest absolute Gasteiger partial charge is 0.326 e. The van der Waals surface area contributed by atoms with Gasteiger partial charge >= 0.3 is 5.97 Å². The van der Waals surface area contributed by atoms with Gasteiger partial charge in [0.05, 0.1) is 17.3 Å². The molecule has 21 heavy (non-hydrogen) atoms. The van der Waals surface area contributed by atoms with Crippen LogP contribution in [0.25, 0.3) is 10.9 Å². The Morgan fingerprint density at radius 2 is 2.10 bits per heavy atom. The third-order valence-corrected chi connectivity index (χ3v) is 3.25. The van der Waals surface area contributed by atoms with Gasteiger partial charge in [0, 0.05) is 5.39 Å². The number of carboxylic acids is 1. The van der Waals surface area contributed by atoms with Crippen molar-refractivity contribution >= 4 is 22.8 Å². The normalized spacial score (nSPS) is 12.6. The molecule has 6 nitrogen and oxygen atoms in total. The lowest BCUT2D eigenvalue weighted by atomic mass is 10.0. The Kier molecular flexibility index (Phi) is 4.26. The number of aromatic amines is 1. The van der Waals surface area contributed by atoms with Gasteiger partial charge in [-0.25, -0.2) is 4.79 Å². The highest BCUT2D eigenvalue weighted by Crippen LogP contribution is 2.19. The molecule has 0 fully saturated rings. The Hall–Kier alpha value is -2.37. The lowest BCUT2D eigenvalue weighted by molar-refractivity contribution is -0.139. The molecular weight excluding hydrogens is 270 g/mol. The number of nitrogens with zero attached hydrogens (tertiary/aromatic N) is 1. The van der Waals surface area contributed by atoms with Crippen molar-refractivity contribution in [3.05, 3.63) is 29.5 Å². The van der Waals surface area contributed by atoms with E-state index < -0.39 is 17.9 Å². The van der Waals surface area contributed by atoms with Crippen LogP contribution in [0.15, 0.2) is 18.3 Å². The molecule has 1 aromatic heterocycles. The minimum Gasteiger partial charge on any atom is -0.480 e. The third-order valence-electron chi connectivity index (χ3n) is 3.25. The Labute approximate surface area is 122 Å². The van der Waals surface area contributed by atoms with E-state index in [9.17, 15) is 14.7 Å². The van der Waals surface area contributed by atoms with Crippen LogP contribution in [0.4, 0.5) is 0 Å². The quantitative estimate of drug-likeness (QED) is 0.785. The summed E-state index contributed by atoms with van der Waals surface area (Å²) in [6.45, 7) is 5.72. The lowest BCUT2D eigenvalue weighted by Gasteiger charge is -2.16. The molecule has 0 saturated carbocycles. The largest absolute Gasteiger partial charge is 0.480 e. The number of nitrogens with one attached hydrogen (secondary N) is 2. The van der Waals surface area contributed by atoms with Crippen LogP contribution >= 0.6 is 0 Å². The minimum atomic E-state index is -1.02. The van der Waals surface area contributed by atoms with E-state index in [-0.39, 0.29) is 5.92 Å². The second-order valence-electron chi connectivity index (χ2n) is 5.64. The average molecular weight is 289 g/mol. The zero-order valence-electron chi connectivity index (χ0n) is 12.3. The number of fused-ring (bicyclic) bond motifs is 1. The summed E-state index contributed by atoms with van der Waals surface area (Å²) in [4.78, 5) is 23.6. The number of amides is 1. The number of aliphatic carboxylic acids is 1. The summed E-state index contributed by atoms with van der Waals surface area (Å²) in [5.41, 5.74) is 1.95. The molecule has 2 rings (SSSR count). The average Bonchev–Trinajstić information content (AvgIpc) is 2.83. The molecule has 0 radical (unpaired) electrons. The first kappa shape index (κ1) is 15.0.